The SMILES string of the molecule is CCOc1cc(OC(F)F)c(CCl)cc1Cl. The van der Waals surface area contributed by atoms with Crippen LogP contribution in [0.5, 0.6) is 11.5 Å². The van der Waals surface area contributed by atoms with Gasteiger partial charge in [0.25, 0.3) is 0 Å². The van der Waals surface area contributed by atoms with Gasteiger partial charge in [0.1, 0.15) is 11.5 Å². The molecule has 0 heterocycles. The summed E-state index contributed by atoms with van der Waals surface area (Å²) < 4.78 is 33.7. The van der Waals surface area contributed by atoms with Crippen LogP contribution in [-0.4, -0.2) is 13.2 Å². The van der Waals surface area contributed by atoms with Crippen molar-refractivity contribution in [1.29, 1.82) is 0 Å². The lowest BCUT2D eigenvalue weighted by Crippen LogP contribution is -2.05. The lowest BCUT2D eigenvalue weighted by atomic mass is 10.2. The Labute approximate surface area is 102 Å². The van der Waals surface area contributed by atoms with Crippen molar-refractivity contribution in [3.63, 3.8) is 0 Å². The Morgan fingerprint density at radius 1 is 1.31 bits per heavy atom. The maximum atomic E-state index is 12.1. The molecule has 0 saturated heterocycles. The van der Waals surface area contributed by atoms with E-state index >= 15 is 0 Å². The van der Waals surface area contributed by atoms with Gasteiger partial charge in [-0.2, -0.15) is 8.78 Å². The first-order valence-electron chi connectivity index (χ1n) is 4.54. The molecule has 0 aromatic heterocycles. The van der Waals surface area contributed by atoms with E-state index in [1.54, 1.807) is 6.92 Å². The fourth-order valence-electron chi connectivity index (χ4n) is 1.15. The molecular formula is C10H10Cl2F2O2. The molecular weight excluding hydrogens is 261 g/mol. The molecule has 0 spiro atoms. The summed E-state index contributed by atoms with van der Waals surface area (Å²) in [5, 5.41) is 0.319. The number of rotatable bonds is 5. The highest BCUT2D eigenvalue weighted by Crippen LogP contribution is 2.34. The summed E-state index contributed by atoms with van der Waals surface area (Å²) in [4.78, 5) is 0. The molecule has 1 aromatic rings. The molecule has 0 bridgehead atoms. The van der Waals surface area contributed by atoms with Crippen molar-refractivity contribution in [1.82, 2.24) is 0 Å². The van der Waals surface area contributed by atoms with Crippen molar-refractivity contribution in [3.8, 4) is 11.5 Å². The molecule has 0 radical (unpaired) electrons. The number of hydrogen-bond acceptors (Lipinski definition) is 2. The number of halogens is 4. The van der Waals surface area contributed by atoms with E-state index in [2.05, 4.69) is 4.74 Å². The van der Waals surface area contributed by atoms with Crippen LogP contribution in [0.15, 0.2) is 12.1 Å². The average Bonchev–Trinajstić information content (AvgIpc) is 2.22. The molecule has 0 aliphatic rings. The third-order valence-electron chi connectivity index (χ3n) is 1.77. The zero-order valence-electron chi connectivity index (χ0n) is 8.47. The maximum Gasteiger partial charge on any atom is 0.387 e. The van der Waals surface area contributed by atoms with E-state index in [1.807, 2.05) is 0 Å². The van der Waals surface area contributed by atoms with Crippen LogP contribution in [0.2, 0.25) is 5.02 Å². The van der Waals surface area contributed by atoms with E-state index in [1.165, 1.54) is 12.1 Å². The number of hydrogen-bond donors (Lipinski definition) is 0. The standard InChI is InChI=1S/C10H10Cl2F2O2/c1-2-15-9-4-8(16-10(13)14)6(5-11)3-7(9)12/h3-4,10H,2,5H2,1H3. The third kappa shape index (κ3) is 3.39. The van der Waals surface area contributed by atoms with Gasteiger partial charge in [-0.25, -0.2) is 0 Å². The molecule has 0 unspecified atom stereocenters. The summed E-state index contributed by atoms with van der Waals surface area (Å²) in [6.45, 7) is -0.759. The highest BCUT2D eigenvalue weighted by Gasteiger charge is 2.13. The molecule has 90 valence electrons. The maximum absolute atomic E-state index is 12.1. The van der Waals surface area contributed by atoms with E-state index < -0.39 is 6.61 Å². The minimum atomic E-state index is -2.90. The molecule has 0 amide bonds. The lowest BCUT2D eigenvalue weighted by molar-refractivity contribution is -0.0504. The van der Waals surface area contributed by atoms with Crippen molar-refractivity contribution >= 4 is 23.2 Å². The Balaban J connectivity index is 3.07. The van der Waals surface area contributed by atoms with E-state index in [9.17, 15) is 8.78 Å². The van der Waals surface area contributed by atoms with Crippen molar-refractivity contribution < 1.29 is 18.3 Å². The van der Waals surface area contributed by atoms with E-state index in [-0.39, 0.29) is 11.6 Å². The summed E-state index contributed by atoms with van der Waals surface area (Å²) >= 11 is 11.5. The van der Waals surface area contributed by atoms with Crippen LogP contribution in [0.1, 0.15) is 12.5 Å². The van der Waals surface area contributed by atoms with Crippen LogP contribution in [-0.2, 0) is 5.88 Å². The monoisotopic (exact) mass is 270 g/mol. The minimum Gasteiger partial charge on any atom is -0.492 e. The summed E-state index contributed by atoms with van der Waals surface area (Å²) in [6.07, 6.45) is 0. The summed E-state index contributed by atoms with van der Waals surface area (Å²) in [6, 6.07) is 2.77. The molecule has 0 aliphatic heterocycles. The Kier molecular flexibility index (Phi) is 5.09. The van der Waals surface area contributed by atoms with Crippen LogP contribution >= 0.6 is 23.2 Å². The van der Waals surface area contributed by atoms with Crippen LogP contribution in [0.3, 0.4) is 0 Å². The second-order valence-corrected chi connectivity index (χ2v) is 3.51. The predicted octanol–water partition coefficient (Wildman–Crippen LogP) is 4.08. The van der Waals surface area contributed by atoms with Crippen LogP contribution in [0.4, 0.5) is 8.78 Å². The van der Waals surface area contributed by atoms with Crippen molar-refractivity contribution in [2.75, 3.05) is 6.61 Å². The first-order chi connectivity index (χ1) is 7.58. The molecule has 0 aliphatic carbocycles. The first kappa shape index (κ1) is 13.3. The molecule has 0 N–H and O–H groups in total. The summed E-state index contributed by atoms with van der Waals surface area (Å²) in [7, 11) is 0. The van der Waals surface area contributed by atoms with Gasteiger partial charge in [-0.1, -0.05) is 11.6 Å². The minimum absolute atomic E-state index is 0.0159. The Morgan fingerprint density at radius 3 is 2.50 bits per heavy atom. The Hall–Kier alpha value is -0.740. The topological polar surface area (TPSA) is 18.5 Å². The van der Waals surface area contributed by atoms with Gasteiger partial charge in [0.2, 0.25) is 0 Å². The smallest absolute Gasteiger partial charge is 0.387 e. The van der Waals surface area contributed by atoms with Gasteiger partial charge in [-0.15, -0.1) is 11.6 Å². The molecule has 0 saturated carbocycles. The Morgan fingerprint density at radius 2 is 2.00 bits per heavy atom. The zero-order chi connectivity index (χ0) is 12.1. The highest BCUT2D eigenvalue weighted by molar-refractivity contribution is 6.32. The lowest BCUT2D eigenvalue weighted by Gasteiger charge is -2.12. The van der Waals surface area contributed by atoms with Gasteiger partial charge in [-0.3, -0.25) is 0 Å². The van der Waals surface area contributed by atoms with Gasteiger partial charge < -0.3 is 9.47 Å². The molecule has 1 aromatic carbocycles. The fraction of sp³-hybridized carbons (Fsp3) is 0.400. The van der Waals surface area contributed by atoms with Crippen molar-refractivity contribution in [2.24, 2.45) is 0 Å². The molecule has 16 heavy (non-hydrogen) atoms. The van der Waals surface area contributed by atoms with E-state index in [0.29, 0.717) is 22.9 Å². The number of alkyl halides is 3. The first-order valence-corrected chi connectivity index (χ1v) is 5.45. The van der Waals surface area contributed by atoms with Crippen LogP contribution in [0, 0.1) is 0 Å². The summed E-state index contributed by atoms with van der Waals surface area (Å²) in [5.41, 5.74) is 0.399. The van der Waals surface area contributed by atoms with Gasteiger partial charge >= 0.3 is 6.61 Å². The van der Waals surface area contributed by atoms with E-state index in [0.717, 1.165) is 0 Å². The van der Waals surface area contributed by atoms with Crippen LogP contribution in [0.25, 0.3) is 0 Å². The second kappa shape index (κ2) is 6.11. The van der Waals surface area contributed by atoms with E-state index in [4.69, 9.17) is 27.9 Å². The fourth-order valence-corrected chi connectivity index (χ4v) is 1.60. The van der Waals surface area contributed by atoms with Gasteiger partial charge in [0, 0.05) is 11.6 Å². The average molecular weight is 271 g/mol. The third-order valence-corrected chi connectivity index (χ3v) is 2.36. The Bertz CT molecular complexity index is 359. The molecule has 6 heteroatoms. The van der Waals surface area contributed by atoms with Crippen LogP contribution < -0.4 is 9.47 Å². The van der Waals surface area contributed by atoms with Crippen molar-refractivity contribution in [3.05, 3.63) is 22.7 Å². The van der Waals surface area contributed by atoms with Gasteiger partial charge in [0.05, 0.1) is 17.5 Å². The molecule has 0 fully saturated rings. The summed E-state index contributed by atoms with van der Waals surface area (Å²) in [5.74, 6) is 0.320. The van der Waals surface area contributed by atoms with Crippen molar-refractivity contribution in [2.45, 2.75) is 19.4 Å². The quantitative estimate of drug-likeness (QED) is 0.751. The molecule has 2 nitrogen and oxygen atoms in total. The predicted molar refractivity (Wildman–Crippen MR) is 58.8 cm³/mol. The molecule has 1 rings (SSSR count). The molecule has 0 atom stereocenters. The van der Waals surface area contributed by atoms with Gasteiger partial charge in [-0.05, 0) is 13.0 Å². The second-order valence-electron chi connectivity index (χ2n) is 2.84. The number of benzene rings is 1. The highest BCUT2D eigenvalue weighted by atomic mass is 35.5. The number of ether oxygens (including phenoxy) is 2. The van der Waals surface area contributed by atoms with Gasteiger partial charge in [0.15, 0.2) is 0 Å². The normalized spacial score (nSPS) is 10.6. The zero-order valence-corrected chi connectivity index (χ0v) is 9.99. The largest absolute Gasteiger partial charge is 0.492 e.